The van der Waals surface area contributed by atoms with Crippen LogP contribution in [0, 0.1) is 45.3 Å². The number of benzene rings is 2. The molecule has 2 N–H and O–H groups in total. The molecule has 214 valence electrons. The van der Waals surface area contributed by atoms with Gasteiger partial charge in [-0.2, -0.15) is 9.98 Å². The maximum absolute atomic E-state index is 12.2. The molecule has 2 aromatic rings. The SMILES string of the molecule is CC1CC1(C(=O)O)C1(C2(C3(C(=O)O)CC3C)CC2C)CC1C.O=C=NC(N=C=O)(c1ccccc1)c1ccccc1. The summed E-state index contributed by atoms with van der Waals surface area (Å²) in [4.78, 5) is 53.3. The third-order valence-electron chi connectivity index (χ3n) is 11.2. The highest BCUT2D eigenvalue weighted by Gasteiger charge is 2.93. The molecular formula is C33H36N2O6. The first-order valence-corrected chi connectivity index (χ1v) is 14.2. The van der Waals surface area contributed by atoms with Gasteiger partial charge in [-0.3, -0.25) is 9.59 Å². The minimum absolute atomic E-state index is 0.180. The molecule has 0 amide bonds. The Morgan fingerprint density at radius 2 is 0.951 bits per heavy atom. The van der Waals surface area contributed by atoms with Crippen molar-refractivity contribution in [2.45, 2.75) is 59.0 Å². The van der Waals surface area contributed by atoms with Crippen LogP contribution in [-0.2, 0) is 24.8 Å². The van der Waals surface area contributed by atoms with Crippen LogP contribution >= 0.6 is 0 Å². The Morgan fingerprint density at radius 1 is 0.659 bits per heavy atom. The lowest BCUT2D eigenvalue weighted by Gasteiger charge is -2.40. The number of carbonyl (C=O) groups is 2. The minimum Gasteiger partial charge on any atom is -0.481 e. The lowest BCUT2D eigenvalue weighted by molar-refractivity contribution is -0.159. The monoisotopic (exact) mass is 556 g/mol. The van der Waals surface area contributed by atoms with Crippen molar-refractivity contribution in [1.29, 1.82) is 0 Å². The van der Waals surface area contributed by atoms with Gasteiger partial charge in [0.25, 0.3) is 0 Å². The van der Waals surface area contributed by atoms with Crippen LogP contribution in [0.2, 0.25) is 0 Å². The first kappa shape index (κ1) is 28.7. The lowest BCUT2D eigenvalue weighted by Crippen LogP contribution is -2.45. The van der Waals surface area contributed by atoms with E-state index in [0.717, 1.165) is 25.7 Å². The van der Waals surface area contributed by atoms with E-state index in [1.807, 2.05) is 26.0 Å². The van der Waals surface area contributed by atoms with Crippen LogP contribution in [0.25, 0.3) is 0 Å². The average Bonchev–Trinajstić information content (AvgIpc) is 3.86. The van der Waals surface area contributed by atoms with Gasteiger partial charge < -0.3 is 10.2 Å². The molecule has 4 aliphatic rings. The summed E-state index contributed by atoms with van der Waals surface area (Å²) in [5.74, 6) is -0.336. The Morgan fingerprint density at radius 3 is 1.15 bits per heavy atom. The van der Waals surface area contributed by atoms with Crippen molar-refractivity contribution >= 4 is 24.1 Å². The van der Waals surface area contributed by atoms with Crippen LogP contribution in [0.3, 0.4) is 0 Å². The van der Waals surface area contributed by atoms with E-state index in [1.54, 1.807) is 48.5 Å². The number of carbonyl (C=O) groups excluding carboxylic acids is 2. The summed E-state index contributed by atoms with van der Waals surface area (Å²) in [5, 5.41) is 20.0. The minimum atomic E-state index is -1.41. The molecule has 2 aromatic carbocycles. The van der Waals surface area contributed by atoms with Crippen LogP contribution in [0.15, 0.2) is 70.6 Å². The van der Waals surface area contributed by atoms with E-state index in [9.17, 15) is 29.4 Å². The van der Waals surface area contributed by atoms with Gasteiger partial charge in [-0.05, 0) is 60.2 Å². The molecule has 4 saturated carbocycles. The molecule has 4 aliphatic carbocycles. The summed E-state index contributed by atoms with van der Waals surface area (Å²) < 4.78 is 0. The van der Waals surface area contributed by atoms with Crippen molar-refractivity contribution in [3.8, 4) is 0 Å². The van der Waals surface area contributed by atoms with Crippen molar-refractivity contribution in [2.75, 3.05) is 0 Å². The van der Waals surface area contributed by atoms with Gasteiger partial charge in [0.2, 0.25) is 17.8 Å². The summed E-state index contributed by atoms with van der Waals surface area (Å²) in [6.07, 6.45) is 6.24. The third kappa shape index (κ3) is 3.67. The highest BCUT2D eigenvalue weighted by molar-refractivity contribution is 5.85. The average molecular weight is 557 g/mol. The molecule has 41 heavy (non-hydrogen) atoms. The predicted molar refractivity (Wildman–Crippen MR) is 150 cm³/mol. The fourth-order valence-electron chi connectivity index (χ4n) is 9.12. The Bertz CT molecular complexity index is 1350. The molecule has 8 nitrogen and oxygen atoms in total. The Balaban J connectivity index is 0.000000167. The van der Waals surface area contributed by atoms with Crippen molar-refractivity contribution in [3.63, 3.8) is 0 Å². The van der Waals surface area contributed by atoms with E-state index >= 15 is 0 Å². The number of hydrogen-bond acceptors (Lipinski definition) is 6. The Labute approximate surface area is 239 Å². The molecule has 8 unspecified atom stereocenters. The summed E-state index contributed by atoms with van der Waals surface area (Å²) in [6.45, 7) is 8.35. The quantitative estimate of drug-likeness (QED) is 0.295. The predicted octanol–water partition coefficient (Wildman–Crippen LogP) is 5.82. The second-order valence-corrected chi connectivity index (χ2v) is 12.7. The van der Waals surface area contributed by atoms with E-state index in [2.05, 4.69) is 23.8 Å². The molecule has 0 aromatic heterocycles. The van der Waals surface area contributed by atoms with Gasteiger partial charge in [-0.15, -0.1) is 0 Å². The third-order valence-corrected chi connectivity index (χ3v) is 11.2. The molecule has 8 heteroatoms. The van der Waals surface area contributed by atoms with E-state index in [1.165, 1.54) is 12.2 Å². The first-order chi connectivity index (χ1) is 19.5. The van der Waals surface area contributed by atoms with Gasteiger partial charge in [0.1, 0.15) is 0 Å². The maximum atomic E-state index is 12.2. The highest BCUT2D eigenvalue weighted by Crippen LogP contribution is 2.94. The number of aliphatic imine (C=N–C) groups is 2. The summed E-state index contributed by atoms with van der Waals surface area (Å²) in [5.41, 5.74) is -2.10. The first-order valence-electron chi connectivity index (χ1n) is 14.2. The largest absolute Gasteiger partial charge is 0.481 e. The summed E-state index contributed by atoms with van der Waals surface area (Å²) in [6, 6.07) is 17.8. The number of nitrogens with zero attached hydrogens (tertiary/aromatic N) is 2. The van der Waals surface area contributed by atoms with Crippen molar-refractivity contribution in [3.05, 3.63) is 71.8 Å². The van der Waals surface area contributed by atoms with Crippen LogP contribution in [0.4, 0.5) is 0 Å². The number of isocyanates is 2. The Hall–Kier alpha value is -3.86. The van der Waals surface area contributed by atoms with E-state index < -0.39 is 28.4 Å². The van der Waals surface area contributed by atoms with Gasteiger partial charge in [-0.25, -0.2) is 9.59 Å². The molecule has 0 saturated heterocycles. The van der Waals surface area contributed by atoms with Crippen molar-refractivity contribution < 1.29 is 29.4 Å². The molecule has 6 rings (SSSR count). The Kier molecular flexibility index (Phi) is 6.72. The summed E-state index contributed by atoms with van der Waals surface area (Å²) in [7, 11) is 0. The normalized spacial score (nSPS) is 37.7. The topological polar surface area (TPSA) is 133 Å². The second kappa shape index (κ2) is 9.61. The van der Waals surface area contributed by atoms with E-state index in [0.29, 0.717) is 23.0 Å². The lowest BCUT2D eigenvalue weighted by atomic mass is 9.61. The van der Waals surface area contributed by atoms with Crippen LogP contribution in [-0.4, -0.2) is 34.3 Å². The number of carboxylic acid groups (broad SMARTS) is 2. The van der Waals surface area contributed by atoms with Gasteiger partial charge in [0.05, 0.1) is 10.8 Å². The highest BCUT2D eigenvalue weighted by atomic mass is 16.4. The zero-order valence-electron chi connectivity index (χ0n) is 23.8. The maximum Gasteiger partial charge on any atom is 0.310 e. The molecule has 8 atom stereocenters. The second-order valence-electron chi connectivity index (χ2n) is 12.7. The number of hydrogen-bond donors (Lipinski definition) is 2. The number of rotatable bonds is 9. The fourth-order valence-corrected chi connectivity index (χ4v) is 9.12. The molecule has 0 heterocycles. The standard InChI is InChI=1S/C18H26O4.C15H10N2O2/c1-9-5-15(9,13(19)20)17(7-11(17)3)18(8-12(18)4)16(14(21)22)6-10(16)2;18-11-16-15(17-12-19,13-7-3-1-4-8-13)14-9-5-2-6-10-14/h9-12H,5-8H2,1-4H3,(H,19,20)(H,21,22);1-10H. The van der Waals surface area contributed by atoms with Gasteiger partial charge >= 0.3 is 11.9 Å². The van der Waals surface area contributed by atoms with Crippen molar-refractivity contribution in [1.82, 2.24) is 0 Å². The molecule has 0 bridgehead atoms. The van der Waals surface area contributed by atoms with Gasteiger partial charge in [0, 0.05) is 11.1 Å². The zero-order chi connectivity index (χ0) is 29.8. The van der Waals surface area contributed by atoms with Crippen LogP contribution in [0.5, 0.6) is 0 Å². The van der Waals surface area contributed by atoms with Crippen LogP contribution < -0.4 is 0 Å². The van der Waals surface area contributed by atoms with Crippen molar-refractivity contribution in [2.24, 2.45) is 55.3 Å². The van der Waals surface area contributed by atoms with Crippen LogP contribution in [0.1, 0.15) is 64.5 Å². The molecule has 0 aliphatic heterocycles. The molecule has 0 spiro atoms. The molecular weight excluding hydrogens is 520 g/mol. The van der Waals surface area contributed by atoms with E-state index in [-0.39, 0.29) is 22.7 Å². The summed E-state index contributed by atoms with van der Waals surface area (Å²) >= 11 is 0. The number of aliphatic carboxylic acids is 2. The number of carboxylic acids is 2. The molecule has 0 radical (unpaired) electrons. The van der Waals surface area contributed by atoms with Gasteiger partial charge in [-0.1, -0.05) is 88.4 Å². The van der Waals surface area contributed by atoms with Gasteiger partial charge in [0.15, 0.2) is 0 Å². The smallest absolute Gasteiger partial charge is 0.310 e. The van der Waals surface area contributed by atoms with E-state index in [4.69, 9.17) is 0 Å². The molecule has 4 fully saturated rings. The zero-order valence-corrected chi connectivity index (χ0v) is 23.8. The fraction of sp³-hybridized carbons (Fsp3) is 0.515.